The van der Waals surface area contributed by atoms with Crippen LogP contribution in [0.15, 0.2) is 30.3 Å². The second-order valence-corrected chi connectivity index (χ2v) is 4.29. The maximum absolute atomic E-state index is 13.5. The molecule has 0 fully saturated rings. The summed E-state index contributed by atoms with van der Waals surface area (Å²) in [7, 11) is 0. The number of pyridine rings is 1. The molecule has 3 nitrogen and oxygen atoms in total. The van der Waals surface area contributed by atoms with Crippen molar-refractivity contribution >= 4 is 17.2 Å². The molecule has 6 heteroatoms. The number of halogens is 2. The van der Waals surface area contributed by atoms with Crippen molar-refractivity contribution in [1.29, 1.82) is 0 Å². The molecule has 0 saturated heterocycles. The monoisotopic (exact) mass is 280 g/mol. The molecule has 0 bridgehead atoms. The molecular formula is C13H10F2N2OS. The molecule has 0 unspecified atom stereocenters. The lowest BCUT2D eigenvalue weighted by Gasteiger charge is -2.10. The largest absolute Gasteiger partial charge is 0.435 e. The number of hydrogen-bond acceptors (Lipinski definition) is 3. The number of nitrogens with two attached hydrogens (primary N) is 1. The van der Waals surface area contributed by atoms with Gasteiger partial charge in [-0.1, -0.05) is 12.2 Å². The Kier molecular flexibility index (Phi) is 3.71. The van der Waals surface area contributed by atoms with Gasteiger partial charge in [-0.05, 0) is 31.2 Å². The first-order valence-electron chi connectivity index (χ1n) is 5.37. The molecule has 1 heterocycles. The zero-order valence-corrected chi connectivity index (χ0v) is 10.8. The molecule has 0 aliphatic heterocycles. The minimum atomic E-state index is -0.822. The predicted molar refractivity (Wildman–Crippen MR) is 71.3 cm³/mol. The Balaban J connectivity index is 2.42. The summed E-state index contributed by atoms with van der Waals surface area (Å²) in [5, 5.41) is 0. The minimum Gasteiger partial charge on any atom is -0.435 e. The van der Waals surface area contributed by atoms with E-state index in [1.807, 2.05) is 0 Å². The molecule has 19 heavy (non-hydrogen) atoms. The van der Waals surface area contributed by atoms with Crippen molar-refractivity contribution in [2.45, 2.75) is 6.92 Å². The minimum absolute atomic E-state index is 0.0880. The second-order valence-electron chi connectivity index (χ2n) is 3.85. The van der Waals surface area contributed by atoms with E-state index in [4.69, 9.17) is 22.7 Å². The molecule has 0 spiro atoms. The van der Waals surface area contributed by atoms with Crippen molar-refractivity contribution in [3.63, 3.8) is 0 Å². The number of hydrogen-bond donors (Lipinski definition) is 1. The lowest BCUT2D eigenvalue weighted by Crippen LogP contribution is -2.12. The van der Waals surface area contributed by atoms with Crippen molar-refractivity contribution in [2.24, 2.45) is 5.73 Å². The van der Waals surface area contributed by atoms with Crippen LogP contribution in [-0.2, 0) is 0 Å². The standard InChI is InChI=1S/C13H10F2N2OS/c1-7-2-4-9(12(16)19)13(17-7)18-11-5-3-8(14)6-10(11)15/h2-6H,1H3,(H2,16,19). The average molecular weight is 280 g/mol. The van der Waals surface area contributed by atoms with E-state index in [-0.39, 0.29) is 16.6 Å². The lowest BCUT2D eigenvalue weighted by atomic mass is 10.2. The number of benzene rings is 1. The van der Waals surface area contributed by atoms with Gasteiger partial charge in [-0.2, -0.15) is 0 Å². The van der Waals surface area contributed by atoms with Crippen LogP contribution in [0.1, 0.15) is 11.3 Å². The van der Waals surface area contributed by atoms with Crippen molar-refractivity contribution in [2.75, 3.05) is 0 Å². The van der Waals surface area contributed by atoms with Gasteiger partial charge in [0, 0.05) is 11.8 Å². The summed E-state index contributed by atoms with van der Waals surface area (Å²) in [6, 6.07) is 6.35. The fourth-order valence-electron chi connectivity index (χ4n) is 1.46. The first kappa shape index (κ1) is 13.4. The van der Waals surface area contributed by atoms with E-state index in [0.29, 0.717) is 11.3 Å². The van der Waals surface area contributed by atoms with Gasteiger partial charge in [0.2, 0.25) is 5.88 Å². The highest BCUT2D eigenvalue weighted by Gasteiger charge is 2.12. The highest BCUT2D eigenvalue weighted by Crippen LogP contribution is 2.26. The number of aromatic nitrogens is 1. The molecule has 2 rings (SSSR count). The van der Waals surface area contributed by atoms with Crippen LogP contribution in [0, 0.1) is 18.6 Å². The van der Waals surface area contributed by atoms with Crippen LogP contribution < -0.4 is 10.5 Å². The molecule has 1 aromatic heterocycles. The van der Waals surface area contributed by atoms with Gasteiger partial charge in [0.25, 0.3) is 0 Å². The van der Waals surface area contributed by atoms with Gasteiger partial charge in [-0.15, -0.1) is 0 Å². The Hall–Kier alpha value is -2.08. The summed E-state index contributed by atoms with van der Waals surface area (Å²) in [4.78, 5) is 4.19. The third kappa shape index (κ3) is 3.03. The van der Waals surface area contributed by atoms with Gasteiger partial charge in [0.05, 0.1) is 5.56 Å². The SMILES string of the molecule is Cc1ccc(C(N)=S)c(Oc2ccc(F)cc2F)n1. The third-order valence-corrected chi connectivity index (χ3v) is 2.59. The molecule has 0 aliphatic rings. The highest BCUT2D eigenvalue weighted by molar-refractivity contribution is 7.80. The molecule has 0 atom stereocenters. The van der Waals surface area contributed by atoms with Crippen molar-refractivity contribution in [3.8, 4) is 11.6 Å². The Bertz CT molecular complexity index is 647. The van der Waals surface area contributed by atoms with Crippen LogP contribution >= 0.6 is 12.2 Å². The van der Waals surface area contributed by atoms with E-state index in [2.05, 4.69) is 4.98 Å². The van der Waals surface area contributed by atoms with Gasteiger partial charge in [-0.25, -0.2) is 13.8 Å². The molecule has 0 saturated carbocycles. The van der Waals surface area contributed by atoms with Gasteiger partial charge < -0.3 is 10.5 Å². The summed E-state index contributed by atoms with van der Waals surface area (Å²) < 4.78 is 31.6. The van der Waals surface area contributed by atoms with Gasteiger partial charge in [0.15, 0.2) is 11.6 Å². The predicted octanol–water partition coefficient (Wildman–Crippen LogP) is 3.09. The maximum Gasteiger partial charge on any atom is 0.229 e. The van der Waals surface area contributed by atoms with Crippen molar-refractivity contribution < 1.29 is 13.5 Å². The molecular weight excluding hydrogens is 270 g/mol. The molecule has 2 aromatic rings. The molecule has 1 aromatic carbocycles. The number of aryl methyl sites for hydroxylation is 1. The van der Waals surface area contributed by atoms with Gasteiger partial charge in [0.1, 0.15) is 10.8 Å². The number of ether oxygens (including phenoxy) is 1. The van der Waals surface area contributed by atoms with Crippen molar-refractivity contribution in [1.82, 2.24) is 4.98 Å². The summed E-state index contributed by atoms with van der Waals surface area (Å²) in [6.45, 7) is 1.75. The Morgan fingerprint density at radius 3 is 2.63 bits per heavy atom. The quantitative estimate of drug-likeness (QED) is 0.878. The van der Waals surface area contributed by atoms with Crippen LogP contribution in [0.5, 0.6) is 11.6 Å². The average Bonchev–Trinajstić information content (AvgIpc) is 2.32. The first-order valence-corrected chi connectivity index (χ1v) is 5.78. The number of nitrogens with zero attached hydrogens (tertiary/aromatic N) is 1. The normalized spacial score (nSPS) is 10.3. The van der Waals surface area contributed by atoms with Gasteiger partial charge in [-0.3, -0.25) is 0 Å². The second kappa shape index (κ2) is 5.27. The highest BCUT2D eigenvalue weighted by atomic mass is 32.1. The number of rotatable bonds is 3. The molecule has 0 aliphatic carbocycles. The van der Waals surface area contributed by atoms with Crippen LogP contribution in [-0.4, -0.2) is 9.97 Å². The summed E-state index contributed by atoms with van der Waals surface area (Å²) >= 11 is 4.87. The Morgan fingerprint density at radius 1 is 1.26 bits per heavy atom. The van der Waals surface area contributed by atoms with Gasteiger partial charge >= 0.3 is 0 Å². The summed E-state index contributed by atoms with van der Waals surface area (Å²) in [6.07, 6.45) is 0. The van der Waals surface area contributed by atoms with E-state index in [1.165, 1.54) is 6.07 Å². The summed E-state index contributed by atoms with van der Waals surface area (Å²) in [5.41, 5.74) is 6.60. The van der Waals surface area contributed by atoms with Crippen LogP contribution in [0.25, 0.3) is 0 Å². The molecule has 2 N–H and O–H groups in total. The fraction of sp³-hybridized carbons (Fsp3) is 0.0769. The fourth-order valence-corrected chi connectivity index (χ4v) is 1.62. The molecule has 98 valence electrons. The third-order valence-electron chi connectivity index (χ3n) is 2.37. The van der Waals surface area contributed by atoms with E-state index in [9.17, 15) is 8.78 Å². The summed E-state index contributed by atoms with van der Waals surface area (Å²) in [5.74, 6) is -1.55. The van der Waals surface area contributed by atoms with E-state index < -0.39 is 11.6 Å². The maximum atomic E-state index is 13.5. The smallest absolute Gasteiger partial charge is 0.229 e. The Morgan fingerprint density at radius 2 is 2.00 bits per heavy atom. The zero-order chi connectivity index (χ0) is 14.0. The van der Waals surface area contributed by atoms with Crippen LogP contribution in [0.3, 0.4) is 0 Å². The molecule has 0 amide bonds. The molecule has 0 radical (unpaired) electrons. The van der Waals surface area contributed by atoms with Crippen LogP contribution in [0.4, 0.5) is 8.78 Å². The topological polar surface area (TPSA) is 48.1 Å². The van der Waals surface area contributed by atoms with E-state index in [0.717, 1.165) is 12.1 Å². The Labute approximate surface area is 114 Å². The first-order chi connectivity index (χ1) is 8.97. The van der Waals surface area contributed by atoms with Crippen molar-refractivity contribution in [3.05, 3.63) is 53.2 Å². The van der Waals surface area contributed by atoms with E-state index in [1.54, 1.807) is 19.1 Å². The van der Waals surface area contributed by atoms with Crippen LogP contribution in [0.2, 0.25) is 0 Å². The number of thiocarbonyl (C=S) groups is 1. The zero-order valence-electron chi connectivity index (χ0n) is 9.98. The van der Waals surface area contributed by atoms with E-state index >= 15 is 0 Å². The lowest BCUT2D eigenvalue weighted by molar-refractivity contribution is 0.422.